The highest BCUT2D eigenvalue weighted by Crippen LogP contribution is 2.07. The maximum absolute atomic E-state index is 4.93. The van der Waals surface area contributed by atoms with Crippen molar-refractivity contribution in [2.45, 2.75) is 0 Å². The summed E-state index contributed by atoms with van der Waals surface area (Å²) in [5.74, 6) is 1.10. The quantitative estimate of drug-likeness (QED) is 0.560. The van der Waals surface area contributed by atoms with E-state index in [-0.39, 0.29) is 0 Å². The summed E-state index contributed by atoms with van der Waals surface area (Å²) >= 11 is 0. The Kier molecular flexibility index (Phi) is 2.25. The first-order valence-electron chi connectivity index (χ1n) is 3.21. The third-order valence-corrected chi connectivity index (χ3v) is 1.27. The number of methoxy groups -OCH3 is 2. The van der Waals surface area contributed by atoms with Crippen LogP contribution >= 0.6 is 0 Å². The molecule has 0 unspecified atom stereocenters. The Hall–Kier alpha value is -1.32. The zero-order valence-electron chi connectivity index (χ0n) is 6.87. The fraction of sp³-hybridized carbons (Fsp3) is 0.429. The first kappa shape index (κ1) is 7.78. The van der Waals surface area contributed by atoms with Crippen molar-refractivity contribution < 1.29 is 14.0 Å². The third kappa shape index (κ3) is 1.80. The van der Waals surface area contributed by atoms with Crippen molar-refractivity contribution in [1.29, 1.82) is 0 Å². The summed E-state index contributed by atoms with van der Waals surface area (Å²) in [4.78, 5) is 4.01. The average molecular weight is 155 g/mol. The number of hydrogen-bond acceptors (Lipinski definition) is 3. The molecule has 1 heterocycles. The van der Waals surface area contributed by atoms with Crippen LogP contribution in [0.3, 0.4) is 0 Å². The normalized spacial score (nSPS) is 9.36. The van der Waals surface area contributed by atoms with Crippen LogP contribution in [0.2, 0.25) is 0 Å². The number of aromatic nitrogens is 2. The predicted octanol–water partition coefficient (Wildman–Crippen LogP) is -0.0767. The molecule has 1 aromatic heterocycles. The van der Waals surface area contributed by atoms with E-state index >= 15 is 0 Å². The van der Waals surface area contributed by atoms with Gasteiger partial charge in [0.2, 0.25) is 12.4 Å². The molecule has 0 bridgehead atoms. The van der Waals surface area contributed by atoms with E-state index in [1.54, 1.807) is 26.6 Å². The molecule has 0 saturated carbocycles. The van der Waals surface area contributed by atoms with Crippen LogP contribution in [-0.4, -0.2) is 19.2 Å². The summed E-state index contributed by atoms with van der Waals surface area (Å²) in [5.41, 5.74) is 0. The summed E-state index contributed by atoms with van der Waals surface area (Å²) in [6, 6.07) is 0. The van der Waals surface area contributed by atoms with E-state index in [1.165, 1.54) is 0 Å². The lowest BCUT2D eigenvalue weighted by Gasteiger charge is -1.98. The maximum atomic E-state index is 4.93. The number of rotatable bonds is 2. The van der Waals surface area contributed by atoms with E-state index in [0.717, 1.165) is 0 Å². The standard InChI is InChI=1S/C7H11N2O2/c1-9-4-6(10-2)8-7(5-9)11-3/h4-5H,1-3H3/q+1. The molecule has 0 N–H and O–H groups in total. The first-order chi connectivity index (χ1) is 5.26. The molecule has 1 rings (SSSR count). The van der Waals surface area contributed by atoms with Crippen LogP contribution in [0.1, 0.15) is 0 Å². The van der Waals surface area contributed by atoms with Gasteiger partial charge in [0.05, 0.1) is 14.2 Å². The second kappa shape index (κ2) is 3.18. The minimum Gasteiger partial charge on any atom is -0.477 e. The van der Waals surface area contributed by atoms with Gasteiger partial charge in [-0.1, -0.05) is 0 Å². The average Bonchev–Trinajstić information content (AvgIpc) is 2.03. The molecular weight excluding hydrogens is 144 g/mol. The largest absolute Gasteiger partial charge is 0.477 e. The molecular formula is C7H11N2O2+. The van der Waals surface area contributed by atoms with Gasteiger partial charge in [-0.15, -0.1) is 0 Å². The van der Waals surface area contributed by atoms with Gasteiger partial charge in [0, 0.05) is 0 Å². The molecule has 0 fully saturated rings. The van der Waals surface area contributed by atoms with Gasteiger partial charge >= 0.3 is 0 Å². The Morgan fingerprint density at radius 2 is 1.64 bits per heavy atom. The fourth-order valence-electron chi connectivity index (χ4n) is 0.749. The van der Waals surface area contributed by atoms with Crippen molar-refractivity contribution in [3.05, 3.63) is 12.4 Å². The Morgan fingerprint density at radius 1 is 1.18 bits per heavy atom. The van der Waals surface area contributed by atoms with Crippen LogP contribution < -0.4 is 14.0 Å². The van der Waals surface area contributed by atoms with Crippen LogP contribution in [0.25, 0.3) is 0 Å². The van der Waals surface area contributed by atoms with Gasteiger partial charge in [-0.05, 0) is 0 Å². The van der Waals surface area contributed by atoms with E-state index in [1.807, 2.05) is 11.6 Å². The highest BCUT2D eigenvalue weighted by atomic mass is 16.5. The molecule has 0 aliphatic rings. The molecule has 0 aliphatic heterocycles. The summed E-state index contributed by atoms with van der Waals surface area (Å²) in [6.45, 7) is 0. The molecule has 0 atom stereocenters. The minimum atomic E-state index is 0.548. The van der Waals surface area contributed by atoms with Gasteiger partial charge in [-0.3, -0.25) is 0 Å². The maximum Gasteiger partial charge on any atom is 0.282 e. The zero-order valence-corrected chi connectivity index (χ0v) is 6.87. The van der Waals surface area contributed by atoms with Gasteiger partial charge < -0.3 is 9.47 Å². The topological polar surface area (TPSA) is 35.2 Å². The zero-order chi connectivity index (χ0) is 8.27. The Bertz CT molecular complexity index is 228. The van der Waals surface area contributed by atoms with Crippen molar-refractivity contribution >= 4 is 0 Å². The van der Waals surface area contributed by atoms with E-state index in [2.05, 4.69) is 4.98 Å². The third-order valence-electron chi connectivity index (χ3n) is 1.27. The fourth-order valence-corrected chi connectivity index (χ4v) is 0.749. The SMILES string of the molecule is COc1c[n+](C)cc(OC)n1. The molecule has 60 valence electrons. The Balaban J connectivity index is 3.02. The lowest BCUT2D eigenvalue weighted by atomic mass is 10.6. The number of hydrogen-bond donors (Lipinski definition) is 0. The van der Waals surface area contributed by atoms with Crippen molar-refractivity contribution in [3.8, 4) is 11.8 Å². The smallest absolute Gasteiger partial charge is 0.282 e. The highest BCUT2D eigenvalue weighted by molar-refractivity contribution is 5.08. The summed E-state index contributed by atoms with van der Waals surface area (Å²) < 4.78 is 11.7. The molecule has 11 heavy (non-hydrogen) atoms. The summed E-state index contributed by atoms with van der Waals surface area (Å²) in [6.07, 6.45) is 3.53. The van der Waals surface area contributed by atoms with Gasteiger partial charge in [0.1, 0.15) is 7.05 Å². The molecule has 0 saturated heterocycles. The number of nitrogens with zero attached hydrogens (tertiary/aromatic N) is 2. The van der Waals surface area contributed by atoms with Crippen molar-refractivity contribution in [1.82, 2.24) is 4.98 Å². The van der Waals surface area contributed by atoms with Crippen LogP contribution in [-0.2, 0) is 7.05 Å². The molecule has 0 aromatic carbocycles. The first-order valence-corrected chi connectivity index (χ1v) is 3.21. The second-order valence-electron chi connectivity index (χ2n) is 2.12. The van der Waals surface area contributed by atoms with Crippen molar-refractivity contribution in [3.63, 3.8) is 0 Å². The van der Waals surface area contributed by atoms with Gasteiger partial charge in [-0.25, -0.2) is 0 Å². The highest BCUT2D eigenvalue weighted by Gasteiger charge is 2.04. The van der Waals surface area contributed by atoms with Crippen LogP contribution in [0, 0.1) is 0 Å². The molecule has 1 aromatic rings. The molecule has 4 heteroatoms. The second-order valence-corrected chi connectivity index (χ2v) is 2.12. The monoisotopic (exact) mass is 155 g/mol. The molecule has 0 radical (unpaired) electrons. The number of ether oxygens (including phenoxy) is 2. The van der Waals surface area contributed by atoms with Gasteiger partial charge in [0.25, 0.3) is 11.8 Å². The molecule has 0 spiro atoms. The van der Waals surface area contributed by atoms with Crippen molar-refractivity contribution in [2.75, 3.05) is 14.2 Å². The minimum absolute atomic E-state index is 0.548. The summed E-state index contributed by atoms with van der Waals surface area (Å²) in [5, 5.41) is 0. The Morgan fingerprint density at radius 3 is 2.00 bits per heavy atom. The molecule has 0 aliphatic carbocycles. The predicted molar refractivity (Wildman–Crippen MR) is 38.5 cm³/mol. The van der Waals surface area contributed by atoms with Crippen LogP contribution in [0.4, 0.5) is 0 Å². The summed E-state index contributed by atoms with van der Waals surface area (Å²) in [7, 11) is 5.02. The molecule has 0 amide bonds. The van der Waals surface area contributed by atoms with Crippen LogP contribution in [0.15, 0.2) is 12.4 Å². The molecule has 4 nitrogen and oxygen atoms in total. The lowest BCUT2D eigenvalue weighted by molar-refractivity contribution is -0.672. The van der Waals surface area contributed by atoms with E-state index < -0.39 is 0 Å². The number of aryl methyl sites for hydroxylation is 1. The Labute approximate surface area is 65.4 Å². The van der Waals surface area contributed by atoms with E-state index in [0.29, 0.717) is 11.8 Å². The van der Waals surface area contributed by atoms with Gasteiger partial charge in [-0.2, -0.15) is 9.55 Å². The van der Waals surface area contributed by atoms with E-state index in [4.69, 9.17) is 9.47 Å². The van der Waals surface area contributed by atoms with E-state index in [9.17, 15) is 0 Å². The van der Waals surface area contributed by atoms with Crippen LogP contribution in [0.5, 0.6) is 11.8 Å². The lowest BCUT2D eigenvalue weighted by Crippen LogP contribution is -2.27. The van der Waals surface area contributed by atoms with Gasteiger partial charge in [0.15, 0.2) is 0 Å². The van der Waals surface area contributed by atoms with Crippen molar-refractivity contribution in [2.24, 2.45) is 7.05 Å².